The number of halogens is 1. The van der Waals surface area contributed by atoms with Gasteiger partial charge in [-0.1, -0.05) is 5.16 Å². The Hall–Kier alpha value is -1.60. The van der Waals surface area contributed by atoms with Crippen LogP contribution in [0.2, 0.25) is 0 Å². The molecule has 22 heavy (non-hydrogen) atoms. The first-order chi connectivity index (χ1) is 10.0. The Bertz CT molecular complexity index is 500. The molecular weight excluding hydrogens is 308 g/mol. The van der Waals surface area contributed by atoms with Crippen molar-refractivity contribution in [3.05, 3.63) is 11.8 Å². The van der Waals surface area contributed by atoms with Crippen molar-refractivity contribution in [2.24, 2.45) is 0 Å². The van der Waals surface area contributed by atoms with Crippen LogP contribution < -0.4 is 10.6 Å². The maximum Gasteiger partial charge on any atom is 0.245 e. The maximum absolute atomic E-state index is 12.0. The molecule has 2 heterocycles. The molecule has 2 amide bonds. The van der Waals surface area contributed by atoms with E-state index in [1.54, 1.807) is 20.0 Å². The standard InChI is InChI=1S/C14H22N4O3.ClH/c1-10-8-12(17-21-10)16-13(19)9-18(2)14(20)6-5-11-4-3-7-15-11;/h8,11,15H,3-7,9H2,1-2H3,(H,16,17,19);1H. The van der Waals surface area contributed by atoms with Crippen molar-refractivity contribution in [1.82, 2.24) is 15.4 Å². The van der Waals surface area contributed by atoms with Crippen LogP contribution in [-0.4, -0.2) is 48.0 Å². The molecule has 0 radical (unpaired) electrons. The number of likely N-dealkylation sites (N-methyl/N-ethyl adjacent to an activating group) is 1. The van der Waals surface area contributed by atoms with Crippen LogP contribution in [0, 0.1) is 6.92 Å². The highest BCUT2D eigenvalue weighted by Crippen LogP contribution is 2.11. The molecule has 0 aromatic carbocycles. The molecule has 0 spiro atoms. The summed E-state index contributed by atoms with van der Waals surface area (Å²) in [6.07, 6.45) is 3.59. The van der Waals surface area contributed by atoms with Crippen molar-refractivity contribution in [2.45, 2.75) is 38.6 Å². The van der Waals surface area contributed by atoms with Crippen LogP contribution in [0.15, 0.2) is 10.6 Å². The van der Waals surface area contributed by atoms with E-state index in [1.807, 2.05) is 0 Å². The van der Waals surface area contributed by atoms with Gasteiger partial charge in [0.25, 0.3) is 0 Å². The largest absolute Gasteiger partial charge is 0.360 e. The first kappa shape index (κ1) is 18.4. The summed E-state index contributed by atoms with van der Waals surface area (Å²) < 4.78 is 4.86. The summed E-state index contributed by atoms with van der Waals surface area (Å²) in [6, 6.07) is 2.07. The number of carbonyl (C=O) groups excluding carboxylic acids is 2. The summed E-state index contributed by atoms with van der Waals surface area (Å²) in [5.74, 6) is 0.695. The van der Waals surface area contributed by atoms with Crippen molar-refractivity contribution in [2.75, 3.05) is 25.5 Å². The van der Waals surface area contributed by atoms with Crippen LogP contribution in [0.5, 0.6) is 0 Å². The number of anilines is 1. The van der Waals surface area contributed by atoms with E-state index in [0.717, 1.165) is 19.4 Å². The van der Waals surface area contributed by atoms with Gasteiger partial charge < -0.3 is 20.1 Å². The van der Waals surface area contributed by atoms with Crippen molar-refractivity contribution in [3.63, 3.8) is 0 Å². The van der Waals surface area contributed by atoms with Gasteiger partial charge in [0.05, 0.1) is 6.54 Å². The van der Waals surface area contributed by atoms with Crippen LogP contribution in [0.4, 0.5) is 5.82 Å². The second kappa shape index (κ2) is 8.75. The van der Waals surface area contributed by atoms with Crippen molar-refractivity contribution in [3.8, 4) is 0 Å². The summed E-state index contributed by atoms with van der Waals surface area (Å²) in [4.78, 5) is 25.2. The van der Waals surface area contributed by atoms with Gasteiger partial charge >= 0.3 is 0 Å². The Kier molecular flexibility index (Phi) is 7.34. The number of nitrogens with zero attached hydrogens (tertiary/aromatic N) is 2. The zero-order valence-corrected chi connectivity index (χ0v) is 13.7. The molecule has 1 aromatic rings. The molecule has 124 valence electrons. The molecule has 0 bridgehead atoms. The van der Waals surface area contributed by atoms with E-state index in [-0.39, 0.29) is 30.8 Å². The van der Waals surface area contributed by atoms with E-state index in [4.69, 9.17) is 4.52 Å². The van der Waals surface area contributed by atoms with Gasteiger partial charge in [-0.2, -0.15) is 0 Å². The highest BCUT2D eigenvalue weighted by molar-refractivity contribution is 5.93. The van der Waals surface area contributed by atoms with Gasteiger partial charge in [0, 0.05) is 25.6 Å². The Morgan fingerprint density at radius 1 is 1.55 bits per heavy atom. The minimum Gasteiger partial charge on any atom is -0.360 e. The third-order valence-corrected chi connectivity index (χ3v) is 3.57. The number of nitrogens with one attached hydrogen (secondary N) is 2. The topological polar surface area (TPSA) is 87.5 Å². The molecule has 2 N–H and O–H groups in total. The predicted octanol–water partition coefficient (Wildman–Crippen LogP) is 1.33. The van der Waals surface area contributed by atoms with Gasteiger partial charge in [-0.3, -0.25) is 9.59 Å². The lowest BCUT2D eigenvalue weighted by Crippen LogP contribution is -2.35. The summed E-state index contributed by atoms with van der Waals surface area (Å²) in [7, 11) is 1.64. The van der Waals surface area contributed by atoms with E-state index < -0.39 is 0 Å². The summed E-state index contributed by atoms with van der Waals surface area (Å²) in [6.45, 7) is 2.80. The molecule has 7 nitrogen and oxygen atoms in total. The number of aryl methyl sites for hydroxylation is 1. The minimum atomic E-state index is -0.279. The zero-order chi connectivity index (χ0) is 15.2. The van der Waals surface area contributed by atoms with E-state index >= 15 is 0 Å². The van der Waals surface area contributed by atoms with Gasteiger partial charge in [0.2, 0.25) is 11.8 Å². The normalized spacial score (nSPS) is 16.9. The fraction of sp³-hybridized carbons (Fsp3) is 0.643. The predicted molar refractivity (Wildman–Crippen MR) is 85.0 cm³/mol. The third kappa shape index (κ3) is 5.65. The van der Waals surface area contributed by atoms with E-state index in [2.05, 4.69) is 15.8 Å². The van der Waals surface area contributed by atoms with E-state index in [1.165, 1.54) is 11.3 Å². The third-order valence-electron chi connectivity index (χ3n) is 3.57. The Morgan fingerprint density at radius 3 is 2.91 bits per heavy atom. The summed E-state index contributed by atoms with van der Waals surface area (Å²) in [5.41, 5.74) is 0. The summed E-state index contributed by atoms with van der Waals surface area (Å²) >= 11 is 0. The molecule has 8 heteroatoms. The number of rotatable bonds is 6. The molecule has 1 unspecified atom stereocenters. The average molecular weight is 331 g/mol. The van der Waals surface area contributed by atoms with Crippen molar-refractivity contribution >= 4 is 30.0 Å². The fourth-order valence-corrected chi connectivity index (χ4v) is 2.40. The van der Waals surface area contributed by atoms with E-state index in [9.17, 15) is 9.59 Å². The SMILES string of the molecule is Cc1cc(NC(=O)CN(C)C(=O)CCC2CCCN2)no1.Cl. The minimum absolute atomic E-state index is 0. The van der Waals surface area contributed by atoms with Crippen LogP contribution >= 0.6 is 12.4 Å². The first-order valence-electron chi connectivity index (χ1n) is 7.25. The zero-order valence-electron chi connectivity index (χ0n) is 12.9. The van der Waals surface area contributed by atoms with Crippen molar-refractivity contribution in [1.29, 1.82) is 0 Å². The molecule has 1 atom stereocenters. The second-order valence-electron chi connectivity index (χ2n) is 5.45. The smallest absolute Gasteiger partial charge is 0.245 e. The fourth-order valence-electron chi connectivity index (χ4n) is 2.40. The lowest BCUT2D eigenvalue weighted by Gasteiger charge is -2.17. The quantitative estimate of drug-likeness (QED) is 0.821. The molecule has 1 fully saturated rings. The van der Waals surface area contributed by atoms with Gasteiger partial charge in [-0.15, -0.1) is 12.4 Å². The molecular formula is C14H23ClN4O3. The number of aromatic nitrogens is 1. The second-order valence-corrected chi connectivity index (χ2v) is 5.45. The lowest BCUT2D eigenvalue weighted by atomic mass is 10.1. The average Bonchev–Trinajstić information content (AvgIpc) is 3.07. The molecule has 0 aliphatic carbocycles. The molecule has 1 saturated heterocycles. The van der Waals surface area contributed by atoms with Crippen LogP contribution in [0.25, 0.3) is 0 Å². The van der Waals surface area contributed by atoms with Gasteiger partial charge in [0.1, 0.15) is 5.76 Å². The highest BCUT2D eigenvalue weighted by atomic mass is 35.5. The maximum atomic E-state index is 12.0. The van der Waals surface area contributed by atoms with Gasteiger partial charge in [-0.25, -0.2) is 0 Å². The Labute approximate surface area is 136 Å². The van der Waals surface area contributed by atoms with Crippen molar-refractivity contribution < 1.29 is 14.1 Å². The summed E-state index contributed by atoms with van der Waals surface area (Å²) in [5, 5.41) is 9.63. The van der Waals surface area contributed by atoms with E-state index in [0.29, 0.717) is 24.0 Å². The number of amides is 2. The molecule has 1 aromatic heterocycles. The lowest BCUT2D eigenvalue weighted by molar-refractivity contribution is -0.133. The molecule has 1 aliphatic rings. The number of hydrogen-bond acceptors (Lipinski definition) is 5. The molecule has 0 saturated carbocycles. The Balaban J connectivity index is 0.00000242. The van der Waals surface area contributed by atoms with Gasteiger partial charge in [0.15, 0.2) is 5.82 Å². The van der Waals surface area contributed by atoms with Crippen LogP contribution in [-0.2, 0) is 9.59 Å². The van der Waals surface area contributed by atoms with Gasteiger partial charge in [-0.05, 0) is 32.7 Å². The van der Waals surface area contributed by atoms with Crippen LogP contribution in [0.1, 0.15) is 31.4 Å². The Morgan fingerprint density at radius 2 is 2.32 bits per heavy atom. The molecule has 2 rings (SSSR count). The highest BCUT2D eigenvalue weighted by Gasteiger charge is 2.18. The number of carbonyl (C=O) groups is 2. The first-order valence-corrected chi connectivity index (χ1v) is 7.25. The molecule has 1 aliphatic heterocycles. The monoisotopic (exact) mass is 330 g/mol. The number of hydrogen-bond donors (Lipinski definition) is 2. The van der Waals surface area contributed by atoms with Crippen LogP contribution in [0.3, 0.4) is 0 Å².